The first-order valence-corrected chi connectivity index (χ1v) is 8.67. The Morgan fingerprint density at radius 3 is 2.30 bits per heavy atom. The van der Waals surface area contributed by atoms with Crippen LogP contribution in [0.25, 0.3) is 0 Å². The third-order valence-corrected chi connectivity index (χ3v) is 4.05. The molecule has 0 saturated carbocycles. The molecule has 0 spiro atoms. The zero-order chi connectivity index (χ0) is 21.5. The van der Waals surface area contributed by atoms with Crippen molar-refractivity contribution in [1.82, 2.24) is 9.97 Å². The number of hydrogen-bond donors (Lipinski definition) is 0. The van der Waals surface area contributed by atoms with Crippen molar-refractivity contribution in [3.8, 4) is 17.2 Å². The minimum absolute atomic E-state index is 0.111. The van der Waals surface area contributed by atoms with Crippen molar-refractivity contribution in [2.45, 2.75) is 6.61 Å². The van der Waals surface area contributed by atoms with Crippen LogP contribution in [0.4, 0.5) is 11.4 Å². The van der Waals surface area contributed by atoms with Crippen LogP contribution in [0.3, 0.4) is 0 Å². The molecule has 0 aliphatic carbocycles. The lowest BCUT2D eigenvalue weighted by atomic mass is 10.2. The van der Waals surface area contributed by atoms with E-state index in [-0.39, 0.29) is 35.5 Å². The molecule has 4 rings (SSSR count). The summed E-state index contributed by atoms with van der Waals surface area (Å²) < 4.78 is 15.9. The summed E-state index contributed by atoms with van der Waals surface area (Å²) in [6.07, 6.45) is 5.12. The first kappa shape index (κ1) is 20.7. The monoisotopic (exact) mass is 432 g/mol. The normalized spacial score (nSPS) is 11.2. The third kappa shape index (κ3) is 5.08. The average Bonchev–Trinajstić information content (AvgIpc) is 3.21. The van der Waals surface area contributed by atoms with Crippen molar-refractivity contribution in [2.75, 3.05) is 6.79 Å². The van der Waals surface area contributed by atoms with Gasteiger partial charge in [-0.1, -0.05) is 17.7 Å². The number of ether oxygens (including phenoxy) is 3. The van der Waals surface area contributed by atoms with Gasteiger partial charge < -0.3 is 14.2 Å². The Bertz CT molecular complexity index is 1080. The Kier molecular flexibility index (Phi) is 6.55. The molecule has 1 aliphatic rings. The lowest BCUT2D eigenvalue weighted by molar-refractivity contribution is -0.386. The van der Waals surface area contributed by atoms with Gasteiger partial charge in [-0.25, -0.2) is 0 Å². The van der Waals surface area contributed by atoms with E-state index in [0.717, 1.165) is 18.0 Å². The molecule has 0 N–H and O–H groups in total. The summed E-state index contributed by atoms with van der Waals surface area (Å²) >= 11 is 5.44. The smallest absolute Gasteiger partial charge is 0.329 e. The third-order valence-electron chi connectivity index (χ3n) is 3.73. The first-order chi connectivity index (χ1) is 14.5. The lowest BCUT2D eigenvalue weighted by Gasteiger charge is -2.07. The van der Waals surface area contributed by atoms with Crippen LogP contribution in [0.2, 0.25) is 5.02 Å². The molecule has 154 valence electrons. The second-order valence-electron chi connectivity index (χ2n) is 5.66. The number of rotatable bonds is 5. The molecular formula is C18H13ClN4O7. The lowest BCUT2D eigenvalue weighted by Crippen LogP contribution is -1.99. The topological polar surface area (TPSA) is 140 Å². The molecule has 0 fully saturated rings. The highest BCUT2D eigenvalue weighted by atomic mass is 35.5. The van der Waals surface area contributed by atoms with Gasteiger partial charge in [0.15, 0.2) is 11.5 Å². The average molecular weight is 433 g/mol. The maximum absolute atomic E-state index is 10.8. The number of nitrogens with zero attached hydrogens (tertiary/aromatic N) is 4. The van der Waals surface area contributed by atoms with E-state index in [0.29, 0.717) is 11.5 Å². The Labute approximate surface area is 174 Å². The van der Waals surface area contributed by atoms with Gasteiger partial charge in [0.2, 0.25) is 12.5 Å². The van der Waals surface area contributed by atoms with Gasteiger partial charge >= 0.3 is 11.4 Å². The van der Waals surface area contributed by atoms with Crippen molar-refractivity contribution in [2.24, 2.45) is 0 Å². The largest absolute Gasteiger partial charge is 0.482 e. The van der Waals surface area contributed by atoms with E-state index in [1.165, 1.54) is 24.5 Å². The molecule has 3 heterocycles. The molecule has 30 heavy (non-hydrogen) atoms. The zero-order valence-electron chi connectivity index (χ0n) is 15.1. The fourth-order valence-electron chi connectivity index (χ4n) is 2.33. The van der Waals surface area contributed by atoms with E-state index in [9.17, 15) is 20.2 Å². The maximum atomic E-state index is 10.8. The van der Waals surface area contributed by atoms with Crippen LogP contribution >= 0.6 is 11.6 Å². The van der Waals surface area contributed by atoms with Crippen LogP contribution in [0.1, 0.15) is 5.56 Å². The number of halogens is 1. The zero-order valence-corrected chi connectivity index (χ0v) is 15.9. The SMILES string of the molecule is O=[N+]([O-])c1cnccc1Cl.O=[N+]([O-])c1cnccc1OCc1ccc2c(c1)OCO2. The van der Waals surface area contributed by atoms with Gasteiger partial charge in [-0.2, -0.15) is 0 Å². The number of pyridine rings is 2. The van der Waals surface area contributed by atoms with Gasteiger partial charge in [0.05, 0.1) is 9.85 Å². The molecule has 1 aromatic carbocycles. The Balaban J connectivity index is 0.000000216. The highest BCUT2D eigenvalue weighted by Gasteiger charge is 2.16. The fraction of sp³-hybridized carbons (Fsp3) is 0.111. The predicted molar refractivity (Wildman–Crippen MR) is 104 cm³/mol. The van der Waals surface area contributed by atoms with E-state index in [1.54, 1.807) is 12.1 Å². The fourth-order valence-corrected chi connectivity index (χ4v) is 2.50. The van der Waals surface area contributed by atoms with Crippen molar-refractivity contribution < 1.29 is 24.1 Å². The minimum Gasteiger partial charge on any atom is -0.482 e. The Morgan fingerprint density at radius 2 is 1.63 bits per heavy atom. The van der Waals surface area contributed by atoms with Crippen LogP contribution < -0.4 is 14.2 Å². The summed E-state index contributed by atoms with van der Waals surface area (Å²) in [4.78, 5) is 27.1. The van der Waals surface area contributed by atoms with Crippen LogP contribution in [-0.4, -0.2) is 26.6 Å². The van der Waals surface area contributed by atoms with Gasteiger partial charge in [-0.15, -0.1) is 0 Å². The molecule has 12 heteroatoms. The standard InChI is InChI=1S/C13H10N2O5.C5H3ClN2O2/c16-15(17)10-6-14-4-3-11(10)18-7-9-1-2-12-13(5-9)20-8-19-12;6-4-1-2-7-3-5(4)8(9)10/h1-6H,7-8H2;1-3H. The summed E-state index contributed by atoms with van der Waals surface area (Å²) in [6, 6.07) is 8.22. The highest BCUT2D eigenvalue weighted by molar-refractivity contribution is 6.32. The number of hydrogen-bond acceptors (Lipinski definition) is 9. The summed E-state index contributed by atoms with van der Waals surface area (Å²) in [5.41, 5.74) is 0.512. The first-order valence-electron chi connectivity index (χ1n) is 8.29. The van der Waals surface area contributed by atoms with Gasteiger partial charge in [0.25, 0.3) is 0 Å². The molecule has 2 aromatic heterocycles. The molecular weight excluding hydrogens is 420 g/mol. The van der Waals surface area contributed by atoms with Gasteiger partial charge in [0, 0.05) is 18.5 Å². The summed E-state index contributed by atoms with van der Waals surface area (Å²) in [6.45, 7) is 0.400. The summed E-state index contributed by atoms with van der Waals surface area (Å²) in [5.74, 6) is 1.52. The number of nitro groups is 2. The second kappa shape index (κ2) is 9.47. The number of fused-ring (bicyclic) bond motifs is 1. The van der Waals surface area contributed by atoms with Crippen molar-refractivity contribution in [3.05, 3.63) is 85.9 Å². The number of aromatic nitrogens is 2. The van der Waals surface area contributed by atoms with E-state index in [1.807, 2.05) is 6.07 Å². The van der Waals surface area contributed by atoms with Crippen LogP contribution in [0.15, 0.2) is 55.1 Å². The van der Waals surface area contributed by atoms with Gasteiger partial charge in [-0.05, 0) is 23.8 Å². The minimum atomic E-state index is -0.574. The second-order valence-corrected chi connectivity index (χ2v) is 6.07. The van der Waals surface area contributed by atoms with Crippen LogP contribution in [0, 0.1) is 20.2 Å². The molecule has 0 bridgehead atoms. The summed E-state index contributed by atoms with van der Waals surface area (Å²) in [7, 11) is 0. The molecule has 0 unspecified atom stereocenters. The predicted octanol–water partition coefficient (Wildman–Crippen LogP) is 3.94. The molecule has 0 atom stereocenters. The Morgan fingerprint density at radius 1 is 0.967 bits per heavy atom. The number of benzene rings is 1. The van der Waals surface area contributed by atoms with Crippen LogP contribution in [-0.2, 0) is 6.61 Å². The maximum Gasteiger partial charge on any atom is 0.329 e. The highest BCUT2D eigenvalue weighted by Crippen LogP contribution is 2.33. The van der Waals surface area contributed by atoms with E-state index in [2.05, 4.69) is 9.97 Å². The molecule has 0 amide bonds. The molecule has 0 radical (unpaired) electrons. The van der Waals surface area contributed by atoms with E-state index < -0.39 is 9.85 Å². The van der Waals surface area contributed by atoms with Crippen LogP contribution in [0.5, 0.6) is 17.2 Å². The van der Waals surface area contributed by atoms with Crippen molar-refractivity contribution in [3.63, 3.8) is 0 Å². The van der Waals surface area contributed by atoms with E-state index >= 15 is 0 Å². The molecule has 1 aliphatic heterocycles. The Hall–Kier alpha value is -3.99. The quantitative estimate of drug-likeness (QED) is 0.433. The van der Waals surface area contributed by atoms with Gasteiger partial charge in [-0.3, -0.25) is 30.2 Å². The summed E-state index contributed by atoms with van der Waals surface area (Å²) in [5, 5.41) is 21.0. The molecule has 0 saturated heterocycles. The molecule has 11 nitrogen and oxygen atoms in total. The van der Waals surface area contributed by atoms with E-state index in [4.69, 9.17) is 25.8 Å². The van der Waals surface area contributed by atoms with Crippen molar-refractivity contribution in [1.29, 1.82) is 0 Å². The van der Waals surface area contributed by atoms with Crippen molar-refractivity contribution >= 4 is 23.0 Å². The molecule has 3 aromatic rings. The van der Waals surface area contributed by atoms with Gasteiger partial charge in [0.1, 0.15) is 24.0 Å².